The van der Waals surface area contributed by atoms with E-state index in [2.05, 4.69) is 0 Å². The summed E-state index contributed by atoms with van der Waals surface area (Å²) >= 11 is 18.4. The molecule has 34 heavy (non-hydrogen) atoms. The first-order valence-corrected chi connectivity index (χ1v) is 11.3. The first-order chi connectivity index (χ1) is 16.2. The summed E-state index contributed by atoms with van der Waals surface area (Å²) in [4.78, 5) is 27.5. The van der Waals surface area contributed by atoms with E-state index in [1.165, 1.54) is 59.5 Å². The molecule has 1 heterocycles. The number of anilines is 1. The van der Waals surface area contributed by atoms with Gasteiger partial charge in [0.1, 0.15) is 17.3 Å². The van der Waals surface area contributed by atoms with E-state index in [0.717, 1.165) is 0 Å². The number of ether oxygens (including phenoxy) is 1. The molecule has 1 fully saturated rings. The fourth-order valence-electron chi connectivity index (χ4n) is 3.77. The van der Waals surface area contributed by atoms with Crippen molar-refractivity contribution in [3.8, 4) is 5.75 Å². The SMILES string of the molecule is CCOc1cc(/C(O)=C2/C(=O)C(=O)N(c3ccc(F)cc3)C2c2ccc(Cl)c(Cl)c2)ccc1Cl. The van der Waals surface area contributed by atoms with E-state index < -0.39 is 29.3 Å². The Morgan fingerprint density at radius 3 is 2.29 bits per heavy atom. The summed E-state index contributed by atoms with van der Waals surface area (Å²) in [7, 11) is 0. The average molecular weight is 521 g/mol. The first kappa shape index (κ1) is 24.1. The molecule has 1 aliphatic rings. The van der Waals surface area contributed by atoms with E-state index in [9.17, 15) is 19.1 Å². The molecule has 0 aliphatic carbocycles. The highest BCUT2D eigenvalue weighted by molar-refractivity contribution is 6.52. The highest BCUT2D eigenvalue weighted by Gasteiger charge is 2.47. The van der Waals surface area contributed by atoms with E-state index in [0.29, 0.717) is 22.9 Å². The van der Waals surface area contributed by atoms with Crippen molar-refractivity contribution in [2.45, 2.75) is 13.0 Å². The lowest BCUT2D eigenvalue weighted by molar-refractivity contribution is -0.132. The van der Waals surface area contributed by atoms with Crippen LogP contribution in [0.5, 0.6) is 5.75 Å². The number of benzene rings is 3. The van der Waals surface area contributed by atoms with Gasteiger partial charge in [-0.3, -0.25) is 14.5 Å². The van der Waals surface area contributed by atoms with Gasteiger partial charge in [-0.05, 0) is 67.1 Å². The Kier molecular flexibility index (Phi) is 6.84. The molecular formula is C25H17Cl3FNO4. The number of aliphatic hydroxyl groups is 1. The van der Waals surface area contributed by atoms with Crippen LogP contribution in [-0.2, 0) is 9.59 Å². The summed E-state index contributed by atoms with van der Waals surface area (Å²) in [5, 5.41) is 12.0. The first-order valence-electron chi connectivity index (χ1n) is 10.2. The van der Waals surface area contributed by atoms with Gasteiger partial charge in [0, 0.05) is 11.3 Å². The van der Waals surface area contributed by atoms with Gasteiger partial charge in [0.15, 0.2) is 0 Å². The molecule has 1 aliphatic heterocycles. The Balaban J connectivity index is 1.95. The Morgan fingerprint density at radius 2 is 1.65 bits per heavy atom. The predicted octanol–water partition coefficient (Wildman–Crippen LogP) is 6.81. The predicted molar refractivity (Wildman–Crippen MR) is 130 cm³/mol. The molecule has 174 valence electrons. The smallest absolute Gasteiger partial charge is 0.300 e. The molecule has 1 amide bonds. The van der Waals surface area contributed by atoms with Crippen molar-refractivity contribution in [3.63, 3.8) is 0 Å². The fourth-order valence-corrected chi connectivity index (χ4v) is 4.25. The topological polar surface area (TPSA) is 66.8 Å². The minimum Gasteiger partial charge on any atom is -0.507 e. The van der Waals surface area contributed by atoms with E-state index in [-0.39, 0.29) is 26.9 Å². The fraction of sp³-hybridized carbons (Fsp3) is 0.120. The highest BCUT2D eigenvalue weighted by Crippen LogP contribution is 2.43. The quantitative estimate of drug-likeness (QED) is 0.228. The summed E-state index contributed by atoms with van der Waals surface area (Å²) in [5.41, 5.74) is 0.760. The van der Waals surface area contributed by atoms with Crippen molar-refractivity contribution < 1.29 is 23.8 Å². The molecule has 3 aromatic carbocycles. The molecule has 4 rings (SSSR count). The molecule has 0 bridgehead atoms. The summed E-state index contributed by atoms with van der Waals surface area (Å²) in [6.07, 6.45) is 0. The number of carbonyl (C=O) groups is 2. The van der Waals surface area contributed by atoms with E-state index >= 15 is 0 Å². The molecule has 1 unspecified atom stereocenters. The Morgan fingerprint density at radius 1 is 0.971 bits per heavy atom. The van der Waals surface area contributed by atoms with Crippen molar-refractivity contribution in [1.29, 1.82) is 0 Å². The van der Waals surface area contributed by atoms with Gasteiger partial charge in [0.05, 0.1) is 33.3 Å². The number of Topliss-reactive ketones (excluding diaryl/α,β-unsaturated/α-hetero) is 1. The Labute approximate surface area is 209 Å². The van der Waals surface area contributed by atoms with Crippen molar-refractivity contribution in [3.05, 3.63) is 98.2 Å². The normalized spacial score (nSPS) is 17.3. The zero-order chi connectivity index (χ0) is 24.6. The number of hydrogen-bond donors (Lipinski definition) is 1. The number of ketones is 1. The largest absolute Gasteiger partial charge is 0.507 e. The van der Waals surface area contributed by atoms with E-state index in [1.807, 2.05) is 0 Å². The van der Waals surface area contributed by atoms with Gasteiger partial charge in [-0.1, -0.05) is 40.9 Å². The second-order valence-electron chi connectivity index (χ2n) is 7.40. The number of hydrogen-bond acceptors (Lipinski definition) is 4. The molecule has 0 aromatic heterocycles. The zero-order valence-electron chi connectivity index (χ0n) is 17.7. The maximum Gasteiger partial charge on any atom is 0.300 e. The maximum absolute atomic E-state index is 13.5. The third-order valence-corrected chi connectivity index (χ3v) is 6.36. The number of nitrogens with zero attached hydrogens (tertiary/aromatic N) is 1. The second-order valence-corrected chi connectivity index (χ2v) is 8.62. The molecule has 1 atom stereocenters. The zero-order valence-corrected chi connectivity index (χ0v) is 20.0. The number of carbonyl (C=O) groups excluding carboxylic acids is 2. The van der Waals surface area contributed by atoms with Crippen molar-refractivity contribution in [1.82, 2.24) is 0 Å². The molecule has 9 heteroatoms. The molecule has 5 nitrogen and oxygen atoms in total. The van der Waals surface area contributed by atoms with Gasteiger partial charge < -0.3 is 9.84 Å². The van der Waals surface area contributed by atoms with Crippen LogP contribution in [0.2, 0.25) is 15.1 Å². The molecule has 3 aromatic rings. The standard InChI is InChI=1S/C25H17Cl3FNO4/c1-2-34-20-12-14(4-10-18(20)27)23(31)21-22(13-3-9-17(26)19(28)11-13)30(25(33)24(21)32)16-7-5-15(29)6-8-16/h3-12,22,31H,2H2,1H3/b23-21-. The summed E-state index contributed by atoms with van der Waals surface area (Å²) in [5.74, 6) is -2.41. The second kappa shape index (κ2) is 9.66. The summed E-state index contributed by atoms with van der Waals surface area (Å²) < 4.78 is 19.0. The van der Waals surface area contributed by atoms with Gasteiger partial charge in [-0.15, -0.1) is 0 Å². The van der Waals surface area contributed by atoms with Crippen molar-refractivity contribution >= 4 is 57.9 Å². The van der Waals surface area contributed by atoms with Crippen LogP contribution in [0.3, 0.4) is 0 Å². The number of halogens is 4. The van der Waals surface area contributed by atoms with Crippen LogP contribution < -0.4 is 9.64 Å². The van der Waals surface area contributed by atoms with E-state index in [1.54, 1.807) is 13.0 Å². The minimum atomic E-state index is -1.05. The van der Waals surface area contributed by atoms with Crippen LogP contribution in [0.15, 0.2) is 66.2 Å². The van der Waals surface area contributed by atoms with Crippen LogP contribution in [0.25, 0.3) is 5.76 Å². The van der Waals surface area contributed by atoms with Crippen LogP contribution in [0.4, 0.5) is 10.1 Å². The summed E-state index contributed by atoms with van der Waals surface area (Å²) in [6.45, 7) is 2.11. The lowest BCUT2D eigenvalue weighted by Gasteiger charge is -2.25. The average Bonchev–Trinajstić information content (AvgIpc) is 3.08. The lowest BCUT2D eigenvalue weighted by atomic mass is 9.95. The number of rotatable bonds is 5. The molecule has 0 radical (unpaired) electrons. The maximum atomic E-state index is 13.5. The van der Waals surface area contributed by atoms with Gasteiger partial charge >= 0.3 is 0 Å². The van der Waals surface area contributed by atoms with Crippen LogP contribution in [0.1, 0.15) is 24.1 Å². The van der Waals surface area contributed by atoms with Crippen molar-refractivity contribution in [2.75, 3.05) is 11.5 Å². The number of aliphatic hydroxyl groups excluding tert-OH is 1. The van der Waals surface area contributed by atoms with Crippen molar-refractivity contribution in [2.24, 2.45) is 0 Å². The third-order valence-electron chi connectivity index (χ3n) is 5.31. The molecule has 1 saturated heterocycles. The van der Waals surface area contributed by atoms with Crippen LogP contribution >= 0.6 is 34.8 Å². The summed E-state index contributed by atoms with van der Waals surface area (Å²) in [6, 6.07) is 13.2. The Hall–Kier alpha value is -3.06. The van der Waals surface area contributed by atoms with Gasteiger partial charge in [-0.25, -0.2) is 4.39 Å². The molecule has 0 spiro atoms. The van der Waals surface area contributed by atoms with Gasteiger partial charge in [-0.2, -0.15) is 0 Å². The minimum absolute atomic E-state index is 0.169. The van der Waals surface area contributed by atoms with Crippen LogP contribution in [0, 0.1) is 5.82 Å². The van der Waals surface area contributed by atoms with E-state index in [4.69, 9.17) is 39.5 Å². The van der Waals surface area contributed by atoms with Gasteiger partial charge in [0.25, 0.3) is 11.7 Å². The Bertz CT molecular complexity index is 1320. The van der Waals surface area contributed by atoms with Gasteiger partial charge in [0.2, 0.25) is 0 Å². The molecular weight excluding hydrogens is 504 g/mol. The van der Waals surface area contributed by atoms with Crippen LogP contribution in [-0.4, -0.2) is 23.4 Å². The highest BCUT2D eigenvalue weighted by atomic mass is 35.5. The number of amides is 1. The molecule has 1 N–H and O–H groups in total. The lowest BCUT2D eigenvalue weighted by Crippen LogP contribution is -2.29. The monoisotopic (exact) mass is 519 g/mol. The molecule has 0 saturated carbocycles. The third kappa shape index (κ3) is 4.37.